The van der Waals surface area contributed by atoms with Crippen molar-refractivity contribution in [2.24, 2.45) is 5.92 Å². The Bertz CT molecular complexity index is 608. The lowest BCUT2D eigenvalue weighted by atomic mass is 9.99. The summed E-state index contributed by atoms with van der Waals surface area (Å²) in [6.07, 6.45) is 4.71. The summed E-state index contributed by atoms with van der Waals surface area (Å²) in [5.74, 6) is 0.206. The molecule has 0 bridgehead atoms. The summed E-state index contributed by atoms with van der Waals surface area (Å²) in [6.45, 7) is 3.36. The second-order valence-corrected chi connectivity index (χ2v) is 7.65. The third-order valence-electron chi connectivity index (χ3n) is 3.79. The molecule has 1 aromatic heterocycles. The Labute approximate surface area is 136 Å². The molecule has 0 saturated carbocycles. The van der Waals surface area contributed by atoms with Crippen LogP contribution < -0.4 is 10.6 Å². The average Bonchev–Trinajstić information content (AvgIpc) is 2.59. The van der Waals surface area contributed by atoms with Gasteiger partial charge >= 0.3 is 0 Å². The van der Waals surface area contributed by atoms with Crippen LogP contribution in [0, 0.1) is 5.92 Å². The monoisotopic (exact) mass is 341 g/mol. The van der Waals surface area contributed by atoms with E-state index in [1.165, 1.54) is 4.31 Å². The second kappa shape index (κ2) is 8.21. The molecule has 1 aliphatic heterocycles. The van der Waals surface area contributed by atoms with Crippen LogP contribution in [-0.2, 0) is 14.8 Å². The highest BCUT2D eigenvalue weighted by atomic mass is 32.2. The van der Waals surface area contributed by atoms with Crippen molar-refractivity contribution in [2.45, 2.75) is 19.8 Å². The Morgan fingerprint density at radius 2 is 2.09 bits per heavy atom. The quantitative estimate of drug-likeness (QED) is 0.680. The summed E-state index contributed by atoms with van der Waals surface area (Å²) in [7, 11) is -3.22. The van der Waals surface area contributed by atoms with Crippen molar-refractivity contribution in [3.63, 3.8) is 0 Å². The lowest BCUT2D eigenvalue weighted by Gasteiger charge is -2.30. The van der Waals surface area contributed by atoms with E-state index in [4.69, 9.17) is 0 Å². The van der Waals surface area contributed by atoms with Gasteiger partial charge in [-0.3, -0.25) is 4.79 Å². The summed E-state index contributed by atoms with van der Waals surface area (Å²) in [5, 5.41) is 5.84. The number of aromatic nitrogens is 2. The number of anilines is 1. The molecule has 2 heterocycles. The summed E-state index contributed by atoms with van der Waals surface area (Å²) >= 11 is 0. The number of nitrogens with one attached hydrogen (secondary N) is 2. The fourth-order valence-corrected chi connectivity index (χ4v) is 3.67. The Morgan fingerprint density at radius 3 is 2.78 bits per heavy atom. The maximum absolute atomic E-state index is 12.2. The van der Waals surface area contributed by atoms with Gasteiger partial charge in [0.15, 0.2) is 0 Å². The standard InChI is InChI=1S/C14H23N5O3S/c1-2-23(21,22)19-10-3-5-12(11-19)13(20)15-8-9-18-14-16-6-4-7-17-14/h4,6-7,12H,2-3,5,8-11H2,1H3,(H,15,20)(H,16,17,18)/t12-/m0/s1. The molecule has 9 heteroatoms. The number of hydrogen-bond donors (Lipinski definition) is 2. The van der Waals surface area contributed by atoms with Crippen molar-refractivity contribution in [3.05, 3.63) is 18.5 Å². The van der Waals surface area contributed by atoms with Gasteiger partial charge in [0.05, 0.1) is 11.7 Å². The number of carbonyl (C=O) groups excluding carboxylic acids is 1. The molecule has 0 aromatic carbocycles. The van der Waals surface area contributed by atoms with Crippen molar-refractivity contribution >= 4 is 21.9 Å². The van der Waals surface area contributed by atoms with Gasteiger partial charge in [-0.15, -0.1) is 0 Å². The normalized spacial score (nSPS) is 19.3. The Balaban J connectivity index is 1.75. The zero-order valence-electron chi connectivity index (χ0n) is 13.2. The summed E-state index contributed by atoms with van der Waals surface area (Å²) in [4.78, 5) is 20.2. The van der Waals surface area contributed by atoms with E-state index in [1.807, 2.05) is 0 Å². The molecular weight excluding hydrogens is 318 g/mol. The van der Waals surface area contributed by atoms with Gasteiger partial charge in [0, 0.05) is 38.6 Å². The molecule has 2 rings (SSSR count). The SMILES string of the molecule is CCS(=O)(=O)N1CCC[C@H](C(=O)NCCNc2ncccn2)C1. The van der Waals surface area contributed by atoms with Gasteiger partial charge in [-0.25, -0.2) is 22.7 Å². The van der Waals surface area contributed by atoms with Gasteiger partial charge < -0.3 is 10.6 Å². The number of piperidine rings is 1. The first-order valence-electron chi connectivity index (χ1n) is 7.79. The number of sulfonamides is 1. The lowest BCUT2D eigenvalue weighted by molar-refractivity contribution is -0.125. The minimum atomic E-state index is -3.22. The largest absolute Gasteiger partial charge is 0.354 e. The molecule has 1 amide bonds. The van der Waals surface area contributed by atoms with E-state index in [1.54, 1.807) is 25.4 Å². The first-order chi connectivity index (χ1) is 11.0. The predicted octanol–water partition coefficient (Wildman–Crippen LogP) is 0.0664. The van der Waals surface area contributed by atoms with E-state index in [2.05, 4.69) is 20.6 Å². The van der Waals surface area contributed by atoms with Crippen LogP contribution >= 0.6 is 0 Å². The lowest BCUT2D eigenvalue weighted by Crippen LogP contribution is -2.46. The number of rotatable bonds is 7. The summed E-state index contributed by atoms with van der Waals surface area (Å²) in [6, 6.07) is 1.73. The highest BCUT2D eigenvalue weighted by molar-refractivity contribution is 7.89. The molecule has 1 aromatic rings. The van der Waals surface area contributed by atoms with Crippen LogP contribution in [0.5, 0.6) is 0 Å². The van der Waals surface area contributed by atoms with Crippen LogP contribution in [-0.4, -0.2) is 60.5 Å². The fraction of sp³-hybridized carbons (Fsp3) is 0.643. The van der Waals surface area contributed by atoms with Crippen LogP contribution in [0.2, 0.25) is 0 Å². The van der Waals surface area contributed by atoms with Crippen LogP contribution in [0.15, 0.2) is 18.5 Å². The fourth-order valence-electron chi connectivity index (χ4n) is 2.49. The van der Waals surface area contributed by atoms with Crippen LogP contribution in [0.3, 0.4) is 0 Å². The molecule has 1 fully saturated rings. The van der Waals surface area contributed by atoms with E-state index in [-0.39, 0.29) is 24.1 Å². The molecule has 0 radical (unpaired) electrons. The van der Waals surface area contributed by atoms with Gasteiger partial charge in [-0.1, -0.05) is 0 Å². The molecule has 1 aliphatic rings. The number of nitrogens with zero attached hydrogens (tertiary/aromatic N) is 3. The molecule has 0 spiro atoms. The van der Waals surface area contributed by atoms with E-state index in [9.17, 15) is 13.2 Å². The third kappa shape index (κ3) is 5.14. The molecule has 23 heavy (non-hydrogen) atoms. The van der Waals surface area contributed by atoms with Crippen LogP contribution in [0.4, 0.5) is 5.95 Å². The Kier molecular flexibility index (Phi) is 6.28. The maximum atomic E-state index is 12.2. The molecule has 128 valence electrons. The molecule has 2 N–H and O–H groups in total. The molecular formula is C14H23N5O3S. The highest BCUT2D eigenvalue weighted by Crippen LogP contribution is 2.19. The Morgan fingerprint density at radius 1 is 1.35 bits per heavy atom. The highest BCUT2D eigenvalue weighted by Gasteiger charge is 2.31. The van der Waals surface area contributed by atoms with Gasteiger partial charge in [0.2, 0.25) is 21.9 Å². The third-order valence-corrected chi connectivity index (χ3v) is 5.63. The first-order valence-corrected chi connectivity index (χ1v) is 9.40. The van der Waals surface area contributed by atoms with Crippen molar-refractivity contribution in [2.75, 3.05) is 37.2 Å². The molecule has 1 atom stereocenters. The zero-order valence-corrected chi connectivity index (χ0v) is 14.1. The van der Waals surface area contributed by atoms with Crippen LogP contribution in [0.25, 0.3) is 0 Å². The minimum Gasteiger partial charge on any atom is -0.354 e. The van der Waals surface area contributed by atoms with Gasteiger partial charge in [0.1, 0.15) is 0 Å². The first kappa shape index (κ1) is 17.6. The summed E-state index contributed by atoms with van der Waals surface area (Å²) < 4.78 is 25.2. The number of hydrogen-bond acceptors (Lipinski definition) is 6. The Hall–Kier alpha value is -1.74. The van der Waals surface area contributed by atoms with E-state index in [0.717, 1.165) is 6.42 Å². The van der Waals surface area contributed by atoms with Crippen molar-refractivity contribution in [3.8, 4) is 0 Å². The van der Waals surface area contributed by atoms with Gasteiger partial charge in [0.25, 0.3) is 0 Å². The second-order valence-electron chi connectivity index (χ2n) is 5.39. The van der Waals surface area contributed by atoms with Crippen LogP contribution in [0.1, 0.15) is 19.8 Å². The van der Waals surface area contributed by atoms with E-state index in [0.29, 0.717) is 32.0 Å². The van der Waals surface area contributed by atoms with Crippen molar-refractivity contribution in [1.29, 1.82) is 0 Å². The van der Waals surface area contributed by atoms with E-state index >= 15 is 0 Å². The molecule has 0 unspecified atom stereocenters. The van der Waals surface area contributed by atoms with Crippen molar-refractivity contribution in [1.82, 2.24) is 19.6 Å². The predicted molar refractivity (Wildman–Crippen MR) is 87.3 cm³/mol. The minimum absolute atomic E-state index is 0.0718. The maximum Gasteiger partial charge on any atom is 0.224 e. The molecule has 8 nitrogen and oxygen atoms in total. The molecule has 1 saturated heterocycles. The number of carbonyl (C=O) groups is 1. The average molecular weight is 341 g/mol. The molecule has 0 aliphatic carbocycles. The number of amides is 1. The van der Waals surface area contributed by atoms with E-state index < -0.39 is 10.0 Å². The van der Waals surface area contributed by atoms with Gasteiger partial charge in [-0.05, 0) is 25.8 Å². The zero-order chi connectivity index (χ0) is 16.7. The smallest absolute Gasteiger partial charge is 0.224 e. The summed E-state index contributed by atoms with van der Waals surface area (Å²) in [5.41, 5.74) is 0. The topological polar surface area (TPSA) is 104 Å². The van der Waals surface area contributed by atoms with Crippen molar-refractivity contribution < 1.29 is 13.2 Å². The van der Waals surface area contributed by atoms with Gasteiger partial charge in [-0.2, -0.15) is 0 Å².